The number of nitrogen functional groups attached to an aromatic ring is 2. The topological polar surface area (TPSA) is 172 Å². The van der Waals surface area contributed by atoms with Crippen LogP contribution in [-0.4, -0.2) is 41.6 Å². The van der Waals surface area contributed by atoms with Gasteiger partial charge >= 0.3 is 12.1 Å². The van der Waals surface area contributed by atoms with Crippen LogP contribution in [0.15, 0.2) is 61.2 Å². The lowest BCUT2D eigenvalue weighted by atomic mass is 10.1. The summed E-state index contributed by atoms with van der Waals surface area (Å²) in [6.45, 7) is 0. The van der Waals surface area contributed by atoms with Crippen molar-refractivity contribution in [3.05, 3.63) is 61.2 Å². The molecule has 0 unspecified atom stereocenters. The van der Waals surface area contributed by atoms with Gasteiger partial charge in [0.15, 0.2) is 0 Å². The lowest BCUT2D eigenvalue weighted by Gasteiger charge is -2.08. The number of anilines is 4. The molecule has 0 aliphatic heterocycles. The maximum absolute atomic E-state index is 12.1. The van der Waals surface area contributed by atoms with E-state index in [1.165, 1.54) is 12.7 Å². The van der Waals surface area contributed by atoms with Crippen molar-refractivity contribution in [2.45, 2.75) is 0 Å². The molecule has 0 spiro atoms. The summed E-state index contributed by atoms with van der Waals surface area (Å²) in [6.07, 6.45) is 2.47. The summed E-state index contributed by atoms with van der Waals surface area (Å²) in [6, 6.07) is 13.5. The Hall–Kier alpha value is -4.74. The Balaban J connectivity index is 1.40. The minimum atomic E-state index is -0.471. The van der Waals surface area contributed by atoms with Crippen molar-refractivity contribution in [2.75, 3.05) is 22.1 Å². The molecule has 0 atom stereocenters. The Bertz CT molecular complexity index is 1100. The number of hydrogen-bond donors (Lipinski definition) is 4. The van der Waals surface area contributed by atoms with Gasteiger partial charge in [-0.3, -0.25) is 0 Å². The van der Waals surface area contributed by atoms with Crippen molar-refractivity contribution < 1.29 is 9.59 Å². The largest absolute Gasteiger partial charge is 0.366 e. The second-order valence-electron chi connectivity index (χ2n) is 6.11. The molecule has 0 bridgehead atoms. The Morgan fingerprint density at radius 3 is 1.33 bits per heavy atom. The van der Waals surface area contributed by atoms with Crippen LogP contribution >= 0.6 is 0 Å². The third-order valence-electron chi connectivity index (χ3n) is 4.04. The molecule has 150 valence electrons. The summed E-state index contributed by atoms with van der Waals surface area (Å²) in [5.74, 6) is 0.0381. The first-order valence-corrected chi connectivity index (χ1v) is 8.65. The zero-order chi connectivity index (χ0) is 21.1. The third-order valence-corrected chi connectivity index (χ3v) is 4.04. The number of carbonyl (C=O) groups is 2. The predicted molar refractivity (Wildman–Crippen MR) is 110 cm³/mol. The molecule has 4 aromatic rings. The number of benzene rings is 2. The number of aromatic nitrogens is 6. The van der Waals surface area contributed by atoms with E-state index in [0.29, 0.717) is 11.4 Å². The van der Waals surface area contributed by atoms with E-state index in [9.17, 15) is 9.59 Å². The van der Waals surface area contributed by atoms with E-state index in [1.54, 1.807) is 24.3 Å². The highest BCUT2D eigenvalue weighted by molar-refractivity contribution is 5.91. The van der Waals surface area contributed by atoms with E-state index in [0.717, 1.165) is 20.5 Å². The van der Waals surface area contributed by atoms with Gasteiger partial charge in [-0.2, -0.15) is 9.36 Å². The second-order valence-corrected chi connectivity index (χ2v) is 6.11. The second kappa shape index (κ2) is 7.71. The molecule has 6 N–H and O–H groups in total. The molecular formula is C18H16N10O2. The fraction of sp³-hybridized carbons (Fsp3) is 0. The van der Waals surface area contributed by atoms with E-state index >= 15 is 0 Å². The average molecular weight is 404 g/mol. The minimum Gasteiger partial charge on any atom is -0.366 e. The Kier molecular flexibility index (Phi) is 4.78. The molecule has 0 fully saturated rings. The van der Waals surface area contributed by atoms with Crippen LogP contribution in [0.1, 0.15) is 0 Å². The molecule has 12 nitrogen and oxygen atoms in total. The molecule has 2 aromatic heterocycles. The van der Waals surface area contributed by atoms with Gasteiger partial charge in [0.2, 0.25) is 11.9 Å². The first-order chi connectivity index (χ1) is 14.5. The highest BCUT2D eigenvalue weighted by Gasteiger charge is 2.09. The van der Waals surface area contributed by atoms with E-state index < -0.39 is 12.1 Å². The number of carbonyl (C=O) groups excluding carboxylic acids is 2. The monoisotopic (exact) mass is 404 g/mol. The maximum atomic E-state index is 12.1. The molecule has 0 radical (unpaired) electrons. The van der Waals surface area contributed by atoms with Crippen LogP contribution in [0.25, 0.3) is 11.1 Å². The lowest BCUT2D eigenvalue weighted by Crippen LogP contribution is -2.20. The van der Waals surface area contributed by atoms with Gasteiger partial charge in [0.25, 0.3) is 0 Å². The Morgan fingerprint density at radius 2 is 1.03 bits per heavy atom. The van der Waals surface area contributed by atoms with Crippen LogP contribution < -0.4 is 22.1 Å². The highest BCUT2D eigenvalue weighted by Crippen LogP contribution is 2.23. The van der Waals surface area contributed by atoms with Gasteiger partial charge in [-0.15, -0.1) is 10.2 Å². The van der Waals surface area contributed by atoms with Crippen LogP contribution in [0.5, 0.6) is 0 Å². The van der Waals surface area contributed by atoms with Crippen LogP contribution in [0.4, 0.5) is 32.9 Å². The van der Waals surface area contributed by atoms with Gasteiger partial charge in [-0.05, 0) is 35.4 Å². The molecule has 2 heterocycles. The SMILES string of the molecule is Nc1ncn(C(=O)Nc2ccc(-c3ccc(NC(=O)n4cnc(N)n4)cc3)cc2)n1. The quantitative estimate of drug-likeness (QED) is 0.400. The Morgan fingerprint density at radius 1 is 0.667 bits per heavy atom. The molecule has 0 aliphatic carbocycles. The van der Waals surface area contributed by atoms with Crippen LogP contribution in [0.2, 0.25) is 0 Å². The molecule has 2 aromatic carbocycles. The predicted octanol–water partition coefficient (Wildman–Crippen LogP) is 1.86. The fourth-order valence-corrected chi connectivity index (χ4v) is 2.60. The number of hydrogen-bond acceptors (Lipinski definition) is 8. The molecular weight excluding hydrogens is 388 g/mol. The molecule has 4 rings (SSSR count). The van der Waals surface area contributed by atoms with Gasteiger partial charge in [-0.25, -0.2) is 19.6 Å². The van der Waals surface area contributed by atoms with Gasteiger partial charge in [0, 0.05) is 11.4 Å². The number of rotatable bonds is 3. The summed E-state index contributed by atoms with van der Waals surface area (Å²) >= 11 is 0. The maximum Gasteiger partial charge on any atom is 0.348 e. The fourth-order valence-electron chi connectivity index (χ4n) is 2.60. The van der Waals surface area contributed by atoms with Gasteiger partial charge in [-0.1, -0.05) is 24.3 Å². The first-order valence-electron chi connectivity index (χ1n) is 8.65. The van der Waals surface area contributed by atoms with Gasteiger partial charge in [0.05, 0.1) is 0 Å². The summed E-state index contributed by atoms with van der Waals surface area (Å²) in [5.41, 5.74) is 13.9. The molecule has 0 saturated heterocycles. The summed E-state index contributed by atoms with van der Waals surface area (Å²) in [4.78, 5) is 31.5. The molecule has 0 aliphatic rings. The minimum absolute atomic E-state index is 0.0190. The van der Waals surface area contributed by atoms with Crippen molar-refractivity contribution in [1.82, 2.24) is 29.5 Å². The van der Waals surface area contributed by atoms with E-state index in [4.69, 9.17) is 11.5 Å². The van der Waals surface area contributed by atoms with Gasteiger partial charge in [0.1, 0.15) is 12.7 Å². The van der Waals surface area contributed by atoms with E-state index in [-0.39, 0.29) is 11.9 Å². The molecule has 30 heavy (non-hydrogen) atoms. The zero-order valence-corrected chi connectivity index (χ0v) is 15.4. The van der Waals surface area contributed by atoms with Crippen molar-refractivity contribution >= 4 is 35.3 Å². The van der Waals surface area contributed by atoms with Gasteiger partial charge < -0.3 is 22.1 Å². The van der Waals surface area contributed by atoms with Crippen molar-refractivity contribution in [1.29, 1.82) is 0 Å². The number of nitrogens with one attached hydrogen (secondary N) is 2. The third kappa shape index (κ3) is 4.06. The summed E-state index contributed by atoms with van der Waals surface area (Å²) in [5, 5.41) is 12.9. The number of nitrogens with two attached hydrogens (primary N) is 2. The van der Waals surface area contributed by atoms with E-state index in [2.05, 4.69) is 30.8 Å². The summed E-state index contributed by atoms with van der Waals surface area (Å²) < 4.78 is 2.04. The molecule has 12 heteroatoms. The van der Waals surface area contributed by atoms with Crippen LogP contribution in [-0.2, 0) is 0 Å². The normalized spacial score (nSPS) is 10.5. The smallest absolute Gasteiger partial charge is 0.348 e. The first kappa shape index (κ1) is 18.6. The summed E-state index contributed by atoms with van der Waals surface area (Å²) in [7, 11) is 0. The van der Waals surface area contributed by atoms with E-state index in [1.807, 2.05) is 24.3 Å². The molecule has 0 saturated carbocycles. The van der Waals surface area contributed by atoms with Crippen molar-refractivity contribution in [3.63, 3.8) is 0 Å². The standard InChI is InChI=1S/C18H16N10O2/c19-15-21-9-27(25-15)17(29)23-13-5-1-11(2-6-13)12-3-7-14(8-4-12)24-18(30)28-10-22-16(20)26-28/h1-10H,(H2,19,25)(H2,20,26)(H,23,29)(H,24,30). The van der Waals surface area contributed by atoms with Crippen LogP contribution in [0, 0.1) is 0 Å². The Labute approximate surface area is 169 Å². The number of nitrogens with zero attached hydrogens (tertiary/aromatic N) is 6. The highest BCUT2D eigenvalue weighted by atomic mass is 16.2. The average Bonchev–Trinajstić information content (AvgIpc) is 3.38. The molecule has 2 amide bonds. The van der Waals surface area contributed by atoms with Crippen LogP contribution in [0.3, 0.4) is 0 Å². The zero-order valence-electron chi connectivity index (χ0n) is 15.4. The lowest BCUT2D eigenvalue weighted by molar-refractivity contribution is 0.250. The number of amides is 2. The van der Waals surface area contributed by atoms with Crippen molar-refractivity contribution in [2.24, 2.45) is 0 Å². The van der Waals surface area contributed by atoms with Crippen molar-refractivity contribution in [3.8, 4) is 11.1 Å².